The van der Waals surface area contributed by atoms with Crippen LogP contribution in [0.2, 0.25) is 0 Å². The Balaban J connectivity index is 2.56. The van der Waals surface area contributed by atoms with Crippen LogP contribution in [0.3, 0.4) is 0 Å². The van der Waals surface area contributed by atoms with Crippen molar-refractivity contribution in [2.75, 3.05) is 11.1 Å². The van der Waals surface area contributed by atoms with Gasteiger partial charge in [0, 0.05) is 17.7 Å². The smallest absolute Gasteiger partial charge is 0.303 e. The Kier molecular flexibility index (Phi) is 7.79. The minimum Gasteiger partial charge on any atom is -0.481 e. The van der Waals surface area contributed by atoms with Crippen LogP contribution >= 0.6 is 11.8 Å². The minimum absolute atomic E-state index is 0.0251. The quantitative estimate of drug-likeness (QED) is 0.532. The van der Waals surface area contributed by atoms with E-state index in [0.717, 1.165) is 23.9 Å². The van der Waals surface area contributed by atoms with E-state index in [2.05, 4.69) is 5.32 Å². The first-order valence-electron chi connectivity index (χ1n) is 6.60. The molecule has 0 aliphatic heterocycles. The van der Waals surface area contributed by atoms with Gasteiger partial charge in [-0.3, -0.25) is 9.59 Å². The molecule has 22 heavy (non-hydrogen) atoms. The fraction of sp³-hybridized carbons (Fsp3) is 0.429. The molecule has 122 valence electrons. The fourth-order valence-corrected chi connectivity index (χ4v) is 2.39. The summed E-state index contributed by atoms with van der Waals surface area (Å²) in [7, 11) is 0. The summed E-state index contributed by atoms with van der Waals surface area (Å²) in [5, 5.41) is 10.9. The van der Waals surface area contributed by atoms with Crippen molar-refractivity contribution in [1.29, 1.82) is 0 Å². The molecule has 1 aromatic rings. The lowest BCUT2D eigenvalue weighted by Gasteiger charge is -2.11. The summed E-state index contributed by atoms with van der Waals surface area (Å²) in [6.45, 7) is 0. The molecule has 0 radical (unpaired) electrons. The Bertz CT molecular complexity index is 526. The van der Waals surface area contributed by atoms with Crippen LogP contribution in [0.1, 0.15) is 25.7 Å². The first-order chi connectivity index (χ1) is 10.4. The molecule has 0 aliphatic rings. The number of hydrogen-bond acceptors (Lipinski definition) is 3. The Morgan fingerprint density at radius 1 is 1.23 bits per heavy atom. The van der Waals surface area contributed by atoms with E-state index in [1.807, 2.05) is 0 Å². The molecule has 1 amide bonds. The van der Waals surface area contributed by atoms with Crippen LogP contribution < -0.4 is 5.32 Å². The second kappa shape index (κ2) is 9.34. The monoisotopic (exact) mass is 335 g/mol. The number of thioether (sulfide) groups is 1. The van der Waals surface area contributed by atoms with Gasteiger partial charge in [0.1, 0.15) is 5.82 Å². The van der Waals surface area contributed by atoms with Gasteiger partial charge in [0.2, 0.25) is 12.3 Å². The third-order valence-corrected chi connectivity index (χ3v) is 3.71. The van der Waals surface area contributed by atoms with E-state index in [1.54, 1.807) is 0 Å². The van der Waals surface area contributed by atoms with Crippen molar-refractivity contribution in [1.82, 2.24) is 0 Å². The average Bonchev–Trinajstić information content (AvgIpc) is 2.42. The molecule has 0 aromatic heterocycles. The number of aliphatic carboxylic acids is 1. The van der Waals surface area contributed by atoms with E-state index in [0.29, 0.717) is 17.7 Å². The number of carboxylic acid groups (broad SMARTS) is 1. The standard InChI is InChI=1S/C14H16F3NO3S/c15-9-5-6-11(22-8-12(16)17)10(7-9)18-13(19)3-1-2-4-14(20)21/h5-7,12H,1-4,8H2,(H,18,19)(H,20,21). The molecule has 0 saturated carbocycles. The molecule has 1 rings (SSSR count). The van der Waals surface area contributed by atoms with E-state index in [1.165, 1.54) is 6.07 Å². The Hall–Kier alpha value is -1.70. The van der Waals surface area contributed by atoms with E-state index >= 15 is 0 Å². The molecular weight excluding hydrogens is 319 g/mol. The van der Waals surface area contributed by atoms with Gasteiger partial charge in [-0.25, -0.2) is 13.2 Å². The second-order valence-corrected chi connectivity index (χ2v) is 5.55. The number of unbranched alkanes of at least 4 members (excludes halogenated alkanes) is 1. The minimum atomic E-state index is -2.50. The van der Waals surface area contributed by atoms with Gasteiger partial charge in [-0.05, 0) is 31.0 Å². The second-order valence-electron chi connectivity index (χ2n) is 4.49. The van der Waals surface area contributed by atoms with Crippen molar-refractivity contribution < 1.29 is 27.9 Å². The SMILES string of the molecule is O=C(O)CCCCC(=O)Nc1cc(F)ccc1SCC(F)F. The predicted octanol–water partition coefficient (Wildman–Crippen LogP) is 3.77. The zero-order valence-corrected chi connectivity index (χ0v) is 12.5. The topological polar surface area (TPSA) is 66.4 Å². The number of alkyl halides is 2. The number of amides is 1. The molecule has 4 nitrogen and oxygen atoms in total. The normalized spacial score (nSPS) is 10.7. The summed E-state index contributed by atoms with van der Waals surface area (Å²) in [4.78, 5) is 22.4. The summed E-state index contributed by atoms with van der Waals surface area (Å²) in [6.07, 6.45) is -1.70. The van der Waals surface area contributed by atoms with Gasteiger partial charge >= 0.3 is 5.97 Å². The Labute approximate surface area is 130 Å². The molecule has 0 bridgehead atoms. The highest BCUT2D eigenvalue weighted by atomic mass is 32.2. The van der Waals surface area contributed by atoms with Crippen molar-refractivity contribution >= 4 is 29.3 Å². The van der Waals surface area contributed by atoms with Crippen molar-refractivity contribution in [2.45, 2.75) is 37.0 Å². The molecular formula is C14H16F3NO3S. The lowest BCUT2D eigenvalue weighted by atomic mass is 10.2. The van der Waals surface area contributed by atoms with Gasteiger partial charge in [0.15, 0.2) is 0 Å². The molecule has 0 aliphatic carbocycles. The number of carboxylic acids is 1. The van der Waals surface area contributed by atoms with Gasteiger partial charge in [-0.2, -0.15) is 0 Å². The van der Waals surface area contributed by atoms with Crippen LogP contribution in [0.15, 0.2) is 23.1 Å². The van der Waals surface area contributed by atoms with Crippen molar-refractivity contribution in [3.8, 4) is 0 Å². The molecule has 0 spiro atoms. The third kappa shape index (κ3) is 7.35. The van der Waals surface area contributed by atoms with E-state index in [9.17, 15) is 22.8 Å². The summed E-state index contributed by atoms with van der Waals surface area (Å²) >= 11 is 0.829. The van der Waals surface area contributed by atoms with Crippen molar-refractivity contribution in [2.24, 2.45) is 0 Å². The molecule has 8 heteroatoms. The zero-order valence-electron chi connectivity index (χ0n) is 11.7. The maximum atomic E-state index is 13.2. The number of rotatable bonds is 9. The number of nitrogens with one attached hydrogen (secondary N) is 1. The number of anilines is 1. The molecule has 0 atom stereocenters. The molecule has 1 aromatic carbocycles. The average molecular weight is 335 g/mol. The van der Waals surface area contributed by atoms with Crippen LogP contribution in [-0.4, -0.2) is 29.2 Å². The highest BCUT2D eigenvalue weighted by molar-refractivity contribution is 7.99. The highest BCUT2D eigenvalue weighted by Gasteiger charge is 2.11. The van der Waals surface area contributed by atoms with Gasteiger partial charge in [0.25, 0.3) is 0 Å². The molecule has 0 unspecified atom stereocenters. The van der Waals surface area contributed by atoms with Gasteiger partial charge < -0.3 is 10.4 Å². The third-order valence-electron chi connectivity index (χ3n) is 2.63. The van der Waals surface area contributed by atoms with Crippen molar-refractivity contribution in [3.63, 3.8) is 0 Å². The predicted molar refractivity (Wildman–Crippen MR) is 77.9 cm³/mol. The van der Waals surface area contributed by atoms with Gasteiger partial charge in [0.05, 0.1) is 11.4 Å². The highest BCUT2D eigenvalue weighted by Crippen LogP contribution is 2.29. The Morgan fingerprint density at radius 3 is 2.55 bits per heavy atom. The Morgan fingerprint density at radius 2 is 1.91 bits per heavy atom. The van der Waals surface area contributed by atoms with E-state index < -0.39 is 29.9 Å². The lowest BCUT2D eigenvalue weighted by Crippen LogP contribution is -2.12. The first-order valence-corrected chi connectivity index (χ1v) is 7.59. The van der Waals surface area contributed by atoms with Crippen LogP contribution in [-0.2, 0) is 9.59 Å². The van der Waals surface area contributed by atoms with Crippen LogP contribution in [0, 0.1) is 5.82 Å². The number of carbonyl (C=O) groups is 2. The summed E-state index contributed by atoms with van der Waals surface area (Å²) in [5.41, 5.74) is 0.147. The maximum absolute atomic E-state index is 13.2. The number of hydrogen-bond donors (Lipinski definition) is 2. The number of halogens is 3. The largest absolute Gasteiger partial charge is 0.481 e. The molecule has 0 heterocycles. The summed E-state index contributed by atoms with van der Waals surface area (Å²) in [5.74, 6) is -2.37. The maximum Gasteiger partial charge on any atom is 0.303 e. The summed E-state index contributed by atoms with van der Waals surface area (Å²) in [6, 6.07) is 3.54. The number of benzene rings is 1. The molecule has 0 fully saturated rings. The first kappa shape index (κ1) is 18.3. The summed E-state index contributed by atoms with van der Waals surface area (Å²) < 4.78 is 37.7. The van der Waals surface area contributed by atoms with Gasteiger partial charge in [-0.15, -0.1) is 11.8 Å². The lowest BCUT2D eigenvalue weighted by molar-refractivity contribution is -0.137. The van der Waals surface area contributed by atoms with Crippen LogP contribution in [0.5, 0.6) is 0 Å². The fourth-order valence-electron chi connectivity index (χ4n) is 1.65. The molecule has 0 saturated heterocycles. The van der Waals surface area contributed by atoms with E-state index in [4.69, 9.17) is 5.11 Å². The van der Waals surface area contributed by atoms with Crippen LogP contribution in [0.4, 0.5) is 18.9 Å². The molecule has 2 N–H and O–H groups in total. The number of carbonyl (C=O) groups excluding carboxylic acids is 1. The van der Waals surface area contributed by atoms with Gasteiger partial charge in [-0.1, -0.05) is 0 Å². The van der Waals surface area contributed by atoms with Crippen LogP contribution in [0.25, 0.3) is 0 Å². The van der Waals surface area contributed by atoms with E-state index in [-0.39, 0.29) is 18.5 Å². The van der Waals surface area contributed by atoms with Crippen molar-refractivity contribution in [3.05, 3.63) is 24.0 Å². The zero-order chi connectivity index (χ0) is 16.5.